The first-order valence-electron chi connectivity index (χ1n) is 13.3. The molecule has 12 heteroatoms. The minimum Gasteiger partial charge on any atom is -0.457 e. The summed E-state index contributed by atoms with van der Waals surface area (Å²) in [6.45, 7) is 7.04. The molecule has 228 valence electrons. The summed E-state index contributed by atoms with van der Waals surface area (Å²) in [7, 11) is -8.62. The highest BCUT2D eigenvalue weighted by Gasteiger charge is 2.26. The minimum atomic E-state index is -4.37. The Morgan fingerprint density at radius 1 is 0.721 bits per heavy atom. The first kappa shape index (κ1) is 32.9. The Balaban J connectivity index is 1.70. The third-order valence-electron chi connectivity index (χ3n) is 6.06. The van der Waals surface area contributed by atoms with Gasteiger partial charge in [-0.15, -0.1) is 0 Å². The zero-order valence-corrected chi connectivity index (χ0v) is 27.0. The van der Waals surface area contributed by atoms with Crippen molar-refractivity contribution in [3.8, 4) is 11.5 Å². The Labute approximate surface area is 261 Å². The fourth-order valence-corrected chi connectivity index (χ4v) is 6.78. The predicted octanol–water partition coefficient (Wildman–Crippen LogP) is 7.89. The molecule has 0 aliphatic carbocycles. The van der Waals surface area contributed by atoms with Gasteiger partial charge in [0.05, 0.1) is 23.1 Å². The number of rotatable bonds is 12. The van der Waals surface area contributed by atoms with Gasteiger partial charge in [-0.25, -0.2) is 0 Å². The number of hydrogen-bond acceptors (Lipinski definition) is 8. The fourth-order valence-electron chi connectivity index (χ4n) is 3.91. The molecule has 8 nitrogen and oxygen atoms in total. The maximum Gasteiger partial charge on any atom is 0.297 e. The van der Waals surface area contributed by atoms with E-state index in [1.54, 1.807) is 76.2 Å². The molecular weight excluding hydrogens is 635 g/mol. The van der Waals surface area contributed by atoms with Crippen LogP contribution in [0, 0.1) is 11.8 Å². The third-order valence-corrected chi connectivity index (χ3v) is 9.20. The van der Waals surface area contributed by atoms with Crippen molar-refractivity contribution in [2.45, 2.75) is 37.5 Å². The summed E-state index contributed by atoms with van der Waals surface area (Å²) in [5.74, 6) is 0.177. The van der Waals surface area contributed by atoms with Crippen LogP contribution in [0.25, 0.3) is 10.8 Å². The maximum atomic E-state index is 13.3. The van der Waals surface area contributed by atoms with Crippen molar-refractivity contribution in [3.63, 3.8) is 0 Å². The maximum absolute atomic E-state index is 13.3. The molecular formula is C31H30Cl2O8S2. The van der Waals surface area contributed by atoms with Gasteiger partial charge in [-0.05, 0) is 84.0 Å². The third kappa shape index (κ3) is 8.14. The van der Waals surface area contributed by atoms with E-state index in [2.05, 4.69) is 0 Å². The SMILES string of the molecule is CC(C)COS(=O)(=O)c1cc(S(=O)(=O)OCC(C)C)c2cc(Oc3ccc(C(=O)c4cc(Cl)ccc4Cl)cc3)ccc2c1. The van der Waals surface area contributed by atoms with Gasteiger partial charge in [0, 0.05) is 21.5 Å². The lowest BCUT2D eigenvalue weighted by Crippen LogP contribution is -2.14. The highest BCUT2D eigenvalue weighted by Crippen LogP contribution is 2.34. The van der Waals surface area contributed by atoms with Gasteiger partial charge < -0.3 is 4.74 Å². The molecule has 0 aromatic heterocycles. The molecule has 43 heavy (non-hydrogen) atoms. The average molecular weight is 666 g/mol. The van der Waals surface area contributed by atoms with E-state index in [4.69, 9.17) is 36.3 Å². The summed E-state index contributed by atoms with van der Waals surface area (Å²) >= 11 is 12.2. The molecule has 0 bridgehead atoms. The van der Waals surface area contributed by atoms with Crippen LogP contribution in [0.2, 0.25) is 10.0 Å². The molecule has 4 aromatic rings. The molecule has 0 aliphatic heterocycles. The van der Waals surface area contributed by atoms with Gasteiger partial charge in [-0.1, -0.05) is 57.0 Å². The number of halogens is 2. The van der Waals surface area contributed by atoms with Crippen molar-refractivity contribution in [1.29, 1.82) is 0 Å². The number of ether oxygens (including phenoxy) is 1. The second-order valence-corrected chi connectivity index (χ2v) is 14.7. The Bertz CT molecular complexity index is 1870. The van der Waals surface area contributed by atoms with E-state index in [-0.39, 0.29) is 62.3 Å². The van der Waals surface area contributed by atoms with Crippen molar-refractivity contribution in [3.05, 3.63) is 94.0 Å². The van der Waals surface area contributed by atoms with Crippen LogP contribution in [-0.2, 0) is 28.6 Å². The smallest absolute Gasteiger partial charge is 0.297 e. The van der Waals surface area contributed by atoms with Crippen LogP contribution >= 0.6 is 23.2 Å². The van der Waals surface area contributed by atoms with Gasteiger partial charge in [0.25, 0.3) is 20.2 Å². The van der Waals surface area contributed by atoms with Crippen LogP contribution in [0.4, 0.5) is 0 Å². The van der Waals surface area contributed by atoms with Crippen LogP contribution in [0.15, 0.2) is 82.6 Å². The summed E-state index contributed by atoms with van der Waals surface area (Å²) in [6.07, 6.45) is 0. The molecule has 0 N–H and O–H groups in total. The molecule has 0 amide bonds. The summed E-state index contributed by atoms with van der Waals surface area (Å²) < 4.78 is 68.7. The van der Waals surface area contributed by atoms with Crippen molar-refractivity contribution in [2.24, 2.45) is 11.8 Å². The number of hydrogen-bond donors (Lipinski definition) is 0. The Morgan fingerprint density at radius 3 is 1.95 bits per heavy atom. The summed E-state index contributed by atoms with van der Waals surface area (Å²) in [6, 6.07) is 17.9. The van der Waals surface area contributed by atoms with E-state index in [0.29, 0.717) is 21.7 Å². The Hall–Kier alpha value is -2.99. The van der Waals surface area contributed by atoms with E-state index in [0.717, 1.165) is 6.07 Å². The largest absolute Gasteiger partial charge is 0.457 e. The van der Waals surface area contributed by atoms with E-state index in [1.807, 2.05) is 0 Å². The lowest BCUT2D eigenvalue weighted by Gasteiger charge is -2.14. The van der Waals surface area contributed by atoms with Crippen LogP contribution in [-0.4, -0.2) is 35.8 Å². The van der Waals surface area contributed by atoms with Gasteiger partial charge >= 0.3 is 0 Å². The zero-order valence-electron chi connectivity index (χ0n) is 23.8. The normalized spacial score (nSPS) is 12.3. The van der Waals surface area contributed by atoms with Gasteiger partial charge in [0.1, 0.15) is 16.4 Å². The molecule has 0 heterocycles. The number of benzene rings is 4. The summed E-state index contributed by atoms with van der Waals surface area (Å²) in [5, 5.41) is 1.18. The molecule has 0 unspecified atom stereocenters. The van der Waals surface area contributed by atoms with Crippen LogP contribution < -0.4 is 4.74 Å². The monoisotopic (exact) mass is 664 g/mol. The number of carbonyl (C=O) groups excluding carboxylic acids is 1. The zero-order chi connectivity index (χ0) is 31.5. The van der Waals surface area contributed by atoms with Crippen molar-refractivity contribution in [1.82, 2.24) is 0 Å². The molecule has 0 spiro atoms. The standard InChI is InChI=1S/C31H30Cl2O8S2/c1-19(2)17-39-42(35,36)26-13-22-7-11-25(15-27(22)30(16-26)43(37,38)40-18-20(3)4)41-24-9-5-21(6-10-24)31(34)28-14-23(32)8-12-29(28)33/h5-16,19-20H,17-18H2,1-4H3. The topological polar surface area (TPSA) is 113 Å². The van der Waals surface area contributed by atoms with Gasteiger partial charge in [-0.2, -0.15) is 16.8 Å². The highest BCUT2D eigenvalue weighted by molar-refractivity contribution is 7.87. The first-order chi connectivity index (χ1) is 20.2. The van der Waals surface area contributed by atoms with Gasteiger partial charge in [-0.3, -0.25) is 13.2 Å². The Kier molecular flexibility index (Phi) is 10.2. The van der Waals surface area contributed by atoms with Crippen LogP contribution in [0.5, 0.6) is 11.5 Å². The molecule has 4 aromatic carbocycles. The lowest BCUT2D eigenvalue weighted by molar-refractivity contribution is 0.103. The summed E-state index contributed by atoms with van der Waals surface area (Å²) in [4.78, 5) is 12.3. The molecule has 0 aliphatic rings. The first-order valence-corrected chi connectivity index (χ1v) is 16.9. The van der Waals surface area contributed by atoms with E-state index in [9.17, 15) is 21.6 Å². The number of carbonyl (C=O) groups is 1. The molecule has 0 radical (unpaired) electrons. The highest BCUT2D eigenvalue weighted by atomic mass is 35.5. The molecule has 0 atom stereocenters. The van der Waals surface area contributed by atoms with E-state index in [1.165, 1.54) is 18.2 Å². The van der Waals surface area contributed by atoms with Gasteiger partial charge in [0.2, 0.25) is 0 Å². The molecule has 4 rings (SSSR count). The molecule has 0 fully saturated rings. The van der Waals surface area contributed by atoms with Crippen molar-refractivity contribution < 1.29 is 34.7 Å². The molecule has 0 saturated carbocycles. The summed E-state index contributed by atoms with van der Waals surface area (Å²) in [5.41, 5.74) is 0.626. The predicted molar refractivity (Wildman–Crippen MR) is 166 cm³/mol. The van der Waals surface area contributed by atoms with Crippen molar-refractivity contribution >= 4 is 60.0 Å². The van der Waals surface area contributed by atoms with E-state index < -0.39 is 20.2 Å². The number of fused-ring (bicyclic) bond motifs is 1. The second-order valence-electron chi connectivity index (χ2n) is 10.6. The van der Waals surface area contributed by atoms with Crippen LogP contribution in [0.3, 0.4) is 0 Å². The number of ketones is 1. The average Bonchev–Trinajstić information content (AvgIpc) is 2.96. The van der Waals surface area contributed by atoms with Crippen molar-refractivity contribution in [2.75, 3.05) is 13.2 Å². The fraction of sp³-hybridized carbons (Fsp3) is 0.258. The minimum absolute atomic E-state index is 0.0599. The molecule has 0 saturated heterocycles. The van der Waals surface area contributed by atoms with Gasteiger partial charge in [0.15, 0.2) is 5.78 Å². The van der Waals surface area contributed by atoms with Crippen LogP contribution in [0.1, 0.15) is 43.6 Å². The van der Waals surface area contributed by atoms with E-state index >= 15 is 0 Å². The second kappa shape index (κ2) is 13.3. The Morgan fingerprint density at radius 2 is 1.33 bits per heavy atom. The quantitative estimate of drug-likeness (QED) is 0.111. The lowest BCUT2D eigenvalue weighted by atomic mass is 10.0.